The number of nitrogens with two attached hydrogens (primary N) is 1. The van der Waals surface area contributed by atoms with E-state index in [4.69, 9.17) is 5.73 Å². The molecule has 1 aliphatic carbocycles. The third-order valence-electron chi connectivity index (χ3n) is 4.78. The predicted molar refractivity (Wildman–Crippen MR) is 96.0 cm³/mol. The lowest BCUT2D eigenvalue weighted by molar-refractivity contribution is 0.258. The first kappa shape index (κ1) is 16.2. The molecule has 0 amide bonds. The van der Waals surface area contributed by atoms with Crippen LogP contribution in [0.25, 0.3) is 0 Å². The van der Waals surface area contributed by atoms with Crippen LogP contribution < -0.4 is 16.4 Å². The van der Waals surface area contributed by atoms with E-state index in [9.17, 15) is 0 Å². The van der Waals surface area contributed by atoms with E-state index in [0.29, 0.717) is 12.1 Å². The van der Waals surface area contributed by atoms with Gasteiger partial charge in [0.2, 0.25) is 0 Å². The SMILES string of the molecule is NC1C(NCc2ccccc2)CCC[C@@H]1NCc1ccccc1. The van der Waals surface area contributed by atoms with Gasteiger partial charge in [-0.25, -0.2) is 0 Å². The first-order valence-electron chi connectivity index (χ1n) is 8.63. The van der Waals surface area contributed by atoms with Crippen molar-refractivity contribution in [3.8, 4) is 0 Å². The van der Waals surface area contributed by atoms with Crippen LogP contribution in [0.15, 0.2) is 60.7 Å². The molecule has 0 saturated heterocycles. The van der Waals surface area contributed by atoms with Gasteiger partial charge in [0.15, 0.2) is 0 Å². The molecule has 3 nitrogen and oxygen atoms in total. The Balaban J connectivity index is 1.50. The summed E-state index contributed by atoms with van der Waals surface area (Å²) in [6, 6.07) is 22.0. The fourth-order valence-corrected chi connectivity index (χ4v) is 3.39. The van der Waals surface area contributed by atoms with Gasteiger partial charge >= 0.3 is 0 Å². The number of rotatable bonds is 6. The van der Waals surface area contributed by atoms with Gasteiger partial charge in [-0.15, -0.1) is 0 Å². The molecule has 2 aromatic carbocycles. The summed E-state index contributed by atoms with van der Waals surface area (Å²) in [7, 11) is 0. The van der Waals surface area contributed by atoms with Gasteiger partial charge in [-0.1, -0.05) is 67.1 Å². The normalized spacial score (nSPS) is 24.5. The molecular weight excluding hydrogens is 282 g/mol. The van der Waals surface area contributed by atoms with Crippen molar-refractivity contribution in [2.45, 2.75) is 50.5 Å². The Hall–Kier alpha value is -1.68. The van der Waals surface area contributed by atoms with E-state index >= 15 is 0 Å². The van der Waals surface area contributed by atoms with Crippen molar-refractivity contribution in [1.29, 1.82) is 0 Å². The number of hydrogen-bond acceptors (Lipinski definition) is 3. The summed E-state index contributed by atoms with van der Waals surface area (Å²) in [6.07, 6.45) is 3.56. The molecular formula is C20H27N3. The van der Waals surface area contributed by atoms with Crippen LogP contribution >= 0.6 is 0 Å². The molecule has 122 valence electrons. The third-order valence-corrected chi connectivity index (χ3v) is 4.78. The Bertz CT molecular complexity index is 518. The molecule has 23 heavy (non-hydrogen) atoms. The van der Waals surface area contributed by atoms with E-state index in [0.717, 1.165) is 25.9 Å². The smallest absolute Gasteiger partial charge is 0.0350 e. The van der Waals surface area contributed by atoms with Crippen LogP contribution in [0.1, 0.15) is 30.4 Å². The molecule has 0 aromatic heterocycles. The maximum atomic E-state index is 6.53. The Morgan fingerprint density at radius 3 is 1.61 bits per heavy atom. The van der Waals surface area contributed by atoms with Crippen LogP contribution in [-0.2, 0) is 13.1 Å². The quantitative estimate of drug-likeness (QED) is 0.769. The van der Waals surface area contributed by atoms with Gasteiger partial charge in [-0.2, -0.15) is 0 Å². The average Bonchev–Trinajstić information content (AvgIpc) is 2.61. The molecule has 1 saturated carbocycles. The highest BCUT2D eigenvalue weighted by atomic mass is 15.0. The average molecular weight is 309 g/mol. The number of nitrogens with one attached hydrogen (secondary N) is 2. The lowest BCUT2D eigenvalue weighted by Gasteiger charge is -2.37. The summed E-state index contributed by atoms with van der Waals surface area (Å²) in [6.45, 7) is 1.79. The topological polar surface area (TPSA) is 50.1 Å². The van der Waals surface area contributed by atoms with Crippen LogP contribution in [0.5, 0.6) is 0 Å². The molecule has 3 rings (SSSR count). The second-order valence-electron chi connectivity index (χ2n) is 6.45. The van der Waals surface area contributed by atoms with Gasteiger partial charge in [0.25, 0.3) is 0 Å². The zero-order chi connectivity index (χ0) is 15.9. The fraction of sp³-hybridized carbons (Fsp3) is 0.400. The molecule has 2 unspecified atom stereocenters. The first-order valence-corrected chi connectivity index (χ1v) is 8.63. The zero-order valence-corrected chi connectivity index (χ0v) is 13.6. The summed E-state index contributed by atoms with van der Waals surface area (Å²) in [4.78, 5) is 0. The second-order valence-corrected chi connectivity index (χ2v) is 6.45. The van der Waals surface area contributed by atoms with E-state index < -0.39 is 0 Å². The molecule has 0 spiro atoms. The first-order chi connectivity index (χ1) is 11.3. The van der Waals surface area contributed by atoms with Crippen molar-refractivity contribution in [1.82, 2.24) is 10.6 Å². The number of benzene rings is 2. The van der Waals surface area contributed by atoms with Crippen LogP contribution in [0.3, 0.4) is 0 Å². The Kier molecular flexibility index (Phi) is 5.81. The molecule has 2 aromatic rings. The van der Waals surface area contributed by atoms with E-state index in [1.165, 1.54) is 17.5 Å². The molecule has 0 aliphatic heterocycles. The summed E-state index contributed by atoms with van der Waals surface area (Å²) < 4.78 is 0. The van der Waals surface area contributed by atoms with Crippen molar-refractivity contribution < 1.29 is 0 Å². The highest BCUT2D eigenvalue weighted by molar-refractivity contribution is 5.15. The fourth-order valence-electron chi connectivity index (χ4n) is 3.39. The molecule has 0 heterocycles. The monoisotopic (exact) mass is 309 g/mol. The van der Waals surface area contributed by atoms with Crippen molar-refractivity contribution in [2.24, 2.45) is 5.73 Å². The van der Waals surface area contributed by atoms with Gasteiger partial charge in [0, 0.05) is 31.2 Å². The summed E-state index contributed by atoms with van der Waals surface area (Å²) in [5, 5.41) is 7.30. The van der Waals surface area contributed by atoms with Crippen molar-refractivity contribution in [2.75, 3.05) is 0 Å². The minimum absolute atomic E-state index is 0.163. The van der Waals surface area contributed by atoms with Crippen molar-refractivity contribution >= 4 is 0 Å². The van der Waals surface area contributed by atoms with Gasteiger partial charge in [0.1, 0.15) is 0 Å². The zero-order valence-electron chi connectivity index (χ0n) is 13.6. The third kappa shape index (κ3) is 4.64. The molecule has 3 heteroatoms. The number of hydrogen-bond donors (Lipinski definition) is 3. The van der Waals surface area contributed by atoms with Gasteiger partial charge < -0.3 is 16.4 Å². The van der Waals surface area contributed by atoms with Crippen LogP contribution in [0.4, 0.5) is 0 Å². The van der Waals surface area contributed by atoms with E-state index in [1.807, 2.05) is 0 Å². The highest BCUT2D eigenvalue weighted by Gasteiger charge is 2.29. The van der Waals surface area contributed by atoms with Gasteiger partial charge in [-0.3, -0.25) is 0 Å². The molecule has 1 aliphatic rings. The highest BCUT2D eigenvalue weighted by Crippen LogP contribution is 2.19. The van der Waals surface area contributed by atoms with Crippen molar-refractivity contribution in [3.05, 3.63) is 71.8 Å². The molecule has 1 fully saturated rings. The Morgan fingerprint density at radius 2 is 1.17 bits per heavy atom. The minimum Gasteiger partial charge on any atom is -0.325 e. The summed E-state index contributed by atoms with van der Waals surface area (Å²) in [5.74, 6) is 0. The summed E-state index contributed by atoms with van der Waals surface area (Å²) in [5.41, 5.74) is 9.16. The lowest BCUT2D eigenvalue weighted by atomic mass is 9.86. The molecule has 0 radical (unpaired) electrons. The summed E-state index contributed by atoms with van der Waals surface area (Å²) >= 11 is 0. The maximum Gasteiger partial charge on any atom is 0.0350 e. The largest absolute Gasteiger partial charge is 0.325 e. The molecule has 0 bridgehead atoms. The standard InChI is InChI=1S/C20H27N3/c21-20-18(22-14-16-8-3-1-4-9-16)12-7-13-19(20)23-15-17-10-5-2-6-11-17/h1-6,8-11,18-20,22-23H,7,12-15,21H2/t18-,19?,20?/m0/s1. The molecule has 4 N–H and O–H groups in total. The van der Waals surface area contributed by atoms with Gasteiger partial charge in [0.05, 0.1) is 0 Å². The van der Waals surface area contributed by atoms with Crippen molar-refractivity contribution in [3.63, 3.8) is 0 Å². The van der Waals surface area contributed by atoms with Crippen LogP contribution in [0.2, 0.25) is 0 Å². The molecule has 3 atom stereocenters. The van der Waals surface area contributed by atoms with E-state index in [1.54, 1.807) is 0 Å². The predicted octanol–water partition coefficient (Wildman–Crippen LogP) is 2.81. The minimum atomic E-state index is 0.163. The maximum absolute atomic E-state index is 6.53. The van der Waals surface area contributed by atoms with Crippen LogP contribution in [0, 0.1) is 0 Å². The van der Waals surface area contributed by atoms with E-state index in [-0.39, 0.29) is 6.04 Å². The Labute approximate surface area is 139 Å². The Morgan fingerprint density at radius 1 is 0.739 bits per heavy atom. The van der Waals surface area contributed by atoms with Crippen LogP contribution in [-0.4, -0.2) is 18.1 Å². The second kappa shape index (κ2) is 8.25. The van der Waals surface area contributed by atoms with E-state index in [2.05, 4.69) is 71.3 Å². The lowest BCUT2D eigenvalue weighted by Crippen LogP contribution is -2.58. The van der Waals surface area contributed by atoms with Gasteiger partial charge in [-0.05, 0) is 24.0 Å².